The molecule has 0 saturated heterocycles. The normalized spacial score (nSPS) is 22.0. The lowest BCUT2D eigenvalue weighted by Crippen LogP contribution is -2.36. The number of ketones is 2. The van der Waals surface area contributed by atoms with Gasteiger partial charge in [0.15, 0.2) is 11.6 Å². The average Bonchev–Trinajstić information content (AvgIpc) is 2.54. The van der Waals surface area contributed by atoms with Gasteiger partial charge in [-0.05, 0) is 37.3 Å². The molecule has 23 heavy (non-hydrogen) atoms. The van der Waals surface area contributed by atoms with Crippen LogP contribution in [0.25, 0.3) is 0 Å². The Bertz CT molecular complexity index is 720. The first-order valence-electron chi connectivity index (χ1n) is 8.06. The third-order valence-electron chi connectivity index (χ3n) is 4.88. The SMILES string of the molecule is O=C1CCCC2=C1C(c1ccc(Cl)nc1)C1=C(CCCC1=O)N2. The van der Waals surface area contributed by atoms with Crippen LogP contribution in [-0.2, 0) is 9.59 Å². The van der Waals surface area contributed by atoms with E-state index in [1.54, 1.807) is 12.3 Å². The van der Waals surface area contributed by atoms with Gasteiger partial charge in [0.1, 0.15) is 5.15 Å². The summed E-state index contributed by atoms with van der Waals surface area (Å²) in [7, 11) is 0. The Kier molecular flexibility index (Phi) is 3.57. The van der Waals surface area contributed by atoms with Crippen LogP contribution in [0.1, 0.15) is 50.0 Å². The third-order valence-corrected chi connectivity index (χ3v) is 5.10. The quantitative estimate of drug-likeness (QED) is 0.802. The first-order chi connectivity index (χ1) is 11.1. The molecule has 0 amide bonds. The van der Waals surface area contributed by atoms with Gasteiger partial charge in [0.2, 0.25) is 0 Å². The van der Waals surface area contributed by atoms with Crippen molar-refractivity contribution in [1.82, 2.24) is 10.3 Å². The van der Waals surface area contributed by atoms with Gasteiger partial charge in [0.25, 0.3) is 0 Å². The van der Waals surface area contributed by atoms with E-state index in [4.69, 9.17) is 11.6 Å². The lowest BCUT2D eigenvalue weighted by Gasteiger charge is -2.37. The van der Waals surface area contributed by atoms with Gasteiger partial charge in [-0.1, -0.05) is 17.7 Å². The van der Waals surface area contributed by atoms with Gasteiger partial charge in [0.05, 0.1) is 0 Å². The number of nitrogens with one attached hydrogen (secondary N) is 1. The Morgan fingerprint density at radius 1 is 0.957 bits per heavy atom. The second-order valence-electron chi connectivity index (χ2n) is 6.31. The van der Waals surface area contributed by atoms with Gasteiger partial charge < -0.3 is 5.32 Å². The van der Waals surface area contributed by atoms with E-state index in [9.17, 15) is 9.59 Å². The van der Waals surface area contributed by atoms with Crippen molar-refractivity contribution in [2.75, 3.05) is 0 Å². The molecule has 5 heteroatoms. The molecule has 4 rings (SSSR count). The van der Waals surface area contributed by atoms with E-state index < -0.39 is 0 Å². The fourth-order valence-electron chi connectivity index (χ4n) is 3.87. The molecule has 2 aliphatic carbocycles. The summed E-state index contributed by atoms with van der Waals surface area (Å²) < 4.78 is 0. The predicted molar refractivity (Wildman–Crippen MR) is 86.9 cm³/mol. The van der Waals surface area contributed by atoms with E-state index in [2.05, 4.69) is 10.3 Å². The molecule has 4 nitrogen and oxygen atoms in total. The minimum atomic E-state index is -0.286. The first-order valence-corrected chi connectivity index (χ1v) is 8.44. The molecule has 2 heterocycles. The highest BCUT2D eigenvalue weighted by Gasteiger charge is 2.40. The maximum absolute atomic E-state index is 12.6. The van der Waals surface area contributed by atoms with Gasteiger partial charge in [-0.25, -0.2) is 4.98 Å². The summed E-state index contributed by atoms with van der Waals surface area (Å²) in [6.45, 7) is 0. The van der Waals surface area contributed by atoms with Crippen molar-refractivity contribution in [1.29, 1.82) is 0 Å². The second-order valence-corrected chi connectivity index (χ2v) is 6.70. The van der Waals surface area contributed by atoms with Crippen LogP contribution >= 0.6 is 11.6 Å². The van der Waals surface area contributed by atoms with E-state index in [1.807, 2.05) is 6.07 Å². The van der Waals surface area contributed by atoms with Crippen LogP contribution in [-0.4, -0.2) is 16.6 Å². The van der Waals surface area contributed by atoms with E-state index in [0.29, 0.717) is 18.0 Å². The van der Waals surface area contributed by atoms with Crippen LogP contribution in [0.5, 0.6) is 0 Å². The second kappa shape index (κ2) is 5.60. The summed E-state index contributed by atoms with van der Waals surface area (Å²) in [4.78, 5) is 29.3. The smallest absolute Gasteiger partial charge is 0.161 e. The van der Waals surface area contributed by atoms with Gasteiger partial charge in [-0.15, -0.1) is 0 Å². The zero-order valence-electron chi connectivity index (χ0n) is 12.7. The Morgan fingerprint density at radius 2 is 1.57 bits per heavy atom. The number of Topliss-reactive ketones (excluding diaryl/α,β-unsaturated/α-hetero) is 2. The molecule has 118 valence electrons. The first kappa shape index (κ1) is 14.6. The van der Waals surface area contributed by atoms with Gasteiger partial charge >= 0.3 is 0 Å². The fourth-order valence-corrected chi connectivity index (χ4v) is 3.99. The molecule has 1 aromatic heterocycles. The summed E-state index contributed by atoms with van der Waals surface area (Å²) in [6.07, 6.45) is 6.26. The fraction of sp³-hybridized carbons (Fsp3) is 0.389. The molecule has 3 aliphatic rings. The summed E-state index contributed by atoms with van der Waals surface area (Å²) in [5.74, 6) is -0.00105. The average molecular weight is 329 g/mol. The van der Waals surface area contributed by atoms with E-state index in [-0.39, 0.29) is 17.5 Å². The molecule has 0 unspecified atom stereocenters. The van der Waals surface area contributed by atoms with Gasteiger partial charge in [0, 0.05) is 47.5 Å². The van der Waals surface area contributed by atoms with Crippen molar-refractivity contribution in [3.63, 3.8) is 0 Å². The Hall–Kier alpha value is -1.94. The number of allylic oxidation sites excluding steroid dienone is 4. The molecule has 1 N–H and O–H groups in total. The van der Waals surface area contributed by atoms with Crippen LogP contribution in [0.4, 0.5) is 0 Å². The number of rotatable bonds is 1. The number of halogens is 1. The highest BCUT2D eigenvalue weighted by atomic mass is 35.5. The van der Waals surface area contributed by atoms with Crippen LogP contribution in [0, 0.1) is 0 Å². The van der Waals surface area contributed by atoms with Crippen LogP contribution in [0.15, 0.2) is 40.9 Å². The number of pyridine rings is 1. The summed E-state index contributed by atoms with van der Waals surface area (Å²) in [6, 6.07) is 3.60. The maximum atomic E-state index is 12.6. The molecule has 0 aromatic carbocycles. The number of nitrogens with zero attached hydrogens (tertiary/aromatic N) is 1. The Labute approximate surface area is 139 Å². The molecule has 0 saturated carbocycles. The van der Waals surface area contributed by atoms with Crippen LogP contribution < -0.4 is 5.32 Å². The monoisotopic (exact) mass is 328 g/mol. The van der Waals surface area contributed by atoms with E-state index in [0.717, 1.165) is 53.8 Å². The summed E-state index contributed by atoms with van der Waals surface area (Å²) in [5, 5.41) is 3.81. The van der Waals surface area contributed by atoms with Crippen molar-refractivity contribution in [2.45, 2.75) is 44.4 Å². The standard InChI is InChI=1S/C18H17ClN2O2/c19-15-8-7-10(9-20-15)16-17-11(3-1-5-13(17)22)21-12-4-2-6-14(23)18(12)16/h7-9,16,21H,1-6H2. The number of dihydropyridines is 1. The Balaban J connectivity index is 1.90. The largest absolute Gasteiger partial charge is 0.362 e. The minimum Gasteiger partial charge on any atom is -0.362 e. The van der Waals surface area contributed by atoms with Gasteiger partial charge in [-0.3, -0.25) is 9.59 Å². The summed E-state index contributed by atoms with van der Waals surface area (Å²) in [5.41, 5.74) is 4.38. The zero-order chi connectivity index (χ0) is 16.0. The molecule has 0 atom stereocenters. The topological polar surface area (TPSA) is 59.1 Å². The van der Waals surface area contributed by atoms with E-state index in [1.165, 1.54) is 0 Å². The summed E-state index contributed by atoms with van der Waals surface area (Å²) >= 11 is 5.90. The lowest BCUT2D eigenvalue weighted by atomic mass is 9.72. The zero-order valence-corrected chi connectivity index (χ0v) is 13.4. The van der Waals surface area contributed by atoms with Crippen molar-refractivity contribution >= 4 is 23.2 Å². The molecule has 1 aliphatic heterocycles. The predicted octanol–water partition coefficient (Wildman–Crippen LogP) is 3.44. The Morgan fingerprint density at radius 3 is 2.09 bits per heavy atom. The molecule has 0 radical (unpaired) electrons. The minimum absolute atomic E-state index is 0.142. The van der Waals surface area contributed by atoms with Crippen molar-refractivity contribution in [2.24, 2.45) is 0 Å². The number of aromatic nitrogens is 1. The highest BCUT2D eigenvalue weighted by Crippen LogP contribution is 2.44. The van der Waals surface area contributed by atoms with E-state index >= 15 is 0 Å². The number of carbonyl (C=O) groups is 2. The van der Waals surface area contributed by atoms with Crippen molar-refractivity contribution in [3.8, 4) is 0 Å². The van der Waals surface area contributed by atoms with Gasteiger partial charge in [-0.2, -0.15) is 0 Å². The highest BCUT2D eigenvalue weighted by molar-refractivity contribution is 6.29. The number of hydrogen-bond acceptors (Lipinski definition) is 4. The third kappa shape index (κ3) is 2.41. The van der Waals surface area contributed by atoms with Crippen molar-refractivity contribution < 1.29 is 9.59 Å². The molecule has 0 fully saturated rings. The molecule has 0 bridgehead atoms. The van der Waals surface area contributed by atoms with Crippen LogP contribution in [0.3, 0.4) is 0 Å². The maximum Gasteiger partial charge on any atom is 0.161 e. The van der Waals surface area contributed by atoms with Crippen LogP contribution in [0.2, 0.25) is 5.15 Å². The number of hydrogen-bond donors (Lipinski definition) is 1. The lowest BCUT2D eigenvalue weighted by molar-refractivity contribution is -0.116. The number of carbonyl (C=O) groups excluding carboxylic acids is 2. The molecular formula is C18H17ClN2O2. The molecular weight excluding hydrogens is 312 g/mol. The molecule has 1 aromatic rings. The molecule has 0 spiro atoms. The van der Waals surface area contributed by atoms with Crippen molar-refractivity contribution in [3.05, 3.63) is 51.6 Å².